The second-order valence-corrected chi connectivity index (χ2v) is 5.12. The summed E-state index contributed by atoms with van der Waals surface area (Å²) in [6, 6.07) is 10.0. The molecule has 0 aliphatic rings. The van der Waals surface area contributed by atoms with Crippen LogP contribution in [0.3, 0.4) is 0 Å². The Balaban J connectivity index is 2.15. The number of anilines is 1. The molecule has 2 aromatic rings. The van der Waals surface area contributed by atoms with Crippen LogP contribution in [0.2, 0.25) is 5.02 Å². The van der Waals surface area contributed by atoms with Crippen molar-refractivity contribution < 1.29 is 9.18 Å². The van der Waals surface area contributed by atoms with Gasteiger partial charge in [0.2, 0.25) is 0 Å². The van der Waals surface area contributed by atoms with Gasteiger partial charge in [-0.1, -0.05) is 23.7 Å². The topological polar surface area (TPSA) is 41.1 Å². The molecule has 0 aliphatic carbocycles. The molecule has 0 aromatic heterocycles. The van der Waals surface area contributed by atoms with Crippen molar-refractivity contribution in [3.63, 3.8) is 0 Å². The molecule has 0 atom stereocenters. The van der Waals surface area contributed by atoms with Crippen molar-refractivity contribution in [1.29, 1.82) is 0 Å². The third-order valence-corrected chi connectivity index (χ3v) is 3.48. The minimum atomic E-state index is -0.432. The van der Waals surface area contributed by atoms with Crippen LogP contribution < -0.4 is 10.6 Å². The summed E-state index contributed by atoms with van der Waals surface area (Å²) in [6.07, 6.45) is 0. The molecule has 0 spiro atoms. The van der Waals surface area contributed by atoms with Gasteiger partial charge in [0.1, 0.15) is 5.82 Å². The second-order valence-electron chi connectivity index (χ2n) is 4.71. The number of hydrogen-bond acceptors (Lipinski definition) is 2. The number of amides is 1. The lowest BCUT2D eigenvalue weighted by atomic mass is 10.1. The second kappa shape index (κ2) is 6.59. The van der Waals surface area contributed by atoms with Gasteiger partial charge >= 0.3 is 0 Å². The Kier molecular flexibility index (Phi) is 4.81. The summed E-state index contributed by atoms with van der Waals surface area (Å²) in [4.78, 5) is 11.6. The molecule has 0 aliphatic heterocycles. The monoisotopic (exact) mass is 306 g/mol. The number of carbonyl (C=O) groups excluding carboxylic acids is 1. The van der Waals surface area contributed by atoms with Gasteiger partial charge in [-0.2, -0.15) is 0 Å². The van der Waals surface area contributed by atoms with Crippen LogP contribution in [0.15, 0.2) is 36.4 Å². The Hall–Kier alpha value is -2.07. The zero-order valence-electron chi connectivity index (χ0n) is 11.8. The van der Waals surface area contributed by atoms with E-state index in [0.717, 1.165) is 16.8 Å². The molecule has 1 amide bonds. The van der Waals surface area contributed by atoms with Gasteiger partial charge in [-0.15, -0.1) is 0 Å². The first-order valence-electron chi connectivity index (χ1n) is 6.52. The van der Waals surface area contributed by atoms with E-state index in [1.54, 1.807) is 31.3 Å². The summed E-state index contributed by atoms with van der Waals surface area (Å²) in [7, 11) is 1.59. The van der Waals surface area contributed by atoms with E-state index in [4.69, 9.17) is 11.6 Å². The van der Waals surface area contributed by atoms with Crippen LogP contribution in [0.25, 0.3) is 0 Å². The maximum Gasteiger partial charge on any atom is 0.251 e. The van der Waals surface area contributed by atoms with Gasteiger partial charge in [0.05, 0.1) is 5.02 Å². The molecule has 0 saturated heterocycles. The van der Waals surface area contributed by atoms with Gasteiger partial charge in [-0.25, -0.2) is 4.39 Å². The Morgan fingerprint density at radius 3 is 2.67 bits per heavy atom. The van der Waals surface area contributed by atoms with Crippen molar-refractivity contribution in [1.82, 2.24) is 5.32 Å². The normalized spacial score (nSPS) is 10.3. The molecule has 110 valence electrons. The van der Waals surface area contributed by atoms with Crippen molar-refractivity contribution in [2.75, 3.05) is 12.4 Å². The molecule has 3 nitrogen and oxygen atoms in total. The Bertz CT molecular complexity index is 673. The molecular weight excluding hydrogens is 291 g/mol. The van der Waals surface area contributed by atoms with E-state index in [2.05, 4.69) is 10.6 Å². The smallest absolute Gasteiger partial charge is 0.251 e. The molecule has 0 bridgehead atoms. The third kappa shape index (κ3) is 3.73. The van der Waals surface area contributed by atoms with E-state index in [1.165, 1.54) is 6.07 Å². The van der Waals surface area contributed by atoms with E-state index < -0.39 is 5.82 Å². The summed E-state index contributed by atoms with van der Waals surface area (Å²) < 4.78 is 13.1. The van der Waals surface area contributed by atoms with Crippen molar-refractivity contribution in [3.8, 4) is 0 Å². The highest BCUT2D eigenvalue weighted by Crippen LogP contribution is 2.20. The van der Waals surface area contributed by atoms with E-state index in [-0.39, 0.29) is 10.9 Å². The van der Waals surface area contributed by atoms with Crippen LogP contribution in [0.4, 0.5) is 10.1 Å². The standard InChI is InChI=1S/C16H16ClFN2O/c1-10-3-5-12(16(21)19-2)8-15(10)20-9-11-4-6-14(18)13(17)7-11/h3-8,20H,9H2,1-2H3,(H,19,21). The average molecular weight is 307 g/mol. The summed E-state index contributed by atoms with van der Waals surface area (Å²) in [6.45, 7) is 2.45. The van der Waals surface area contributed by atoms with Gasteiger partial charge in [-0.3, -0.25) is 4.79 Å². The Morgan fingerprint density at radius 1 is 1.24 bits per heavy atom. The van der Waals surface area contributed by atoms with Gasteiger partial charge in [0.15, 0.2) is 0 Å². The number of halogens is 2. The maximum atomic E-state index is 13.1. The minimum absolute atomic E-state index is 0.102. The van der Waals surface area contributed by atoms with Crippen LogP contribution in [0.5, 0.6) is 0 Å². The van der Waals surface area contributed by atoms with E-state index in [0.29, 0.717) is 12.1 Å². The van der Waals surface area contributed by atoms with Gasteiger partial charge < -0.3 is 10.6 Å². The number of rotatable bonds is 4. The molecule has 0 saturated carbocycles. The molecule has 0 fully saturated rings. The molecule has 2 aromatic carbocycles. The lowest BCUT2D eigenvalue weighted by molar-refractivity contribution is 0.0963. The molecule has 0 unspecified atom stereocenters. The molecule has 2 rings (SSSR count). The van der Waals surface area contributed by atoms with Crippen molar-refractivity contribution in [2.45, 2.75) is 13.5 Å². The number of hydrogen-bond donors (Lipinski definition) is 2. The predicted molar refractivity (Wildman–Crippen MR) is 83.3 cm³/mol. The quantitative estimate of drug-likeness (QED) is 0.903. The zero-order valence-corrected chi connectivity index (χ0v) is 12.6. The number of nitrogens with one attached hydrogen (secondary N) is 2. The van der Waals surface area contributed by atoms with Crippen molar-refractivity contribution in [3.05, 3.63) is 63.9 Å². The minimum Gasteiger partial charge on any atom is -0.381 e. The molecule has 21 heavy (non-hydrogen) atoms. The molecule has 5 heteroatoms. The number of benzene rings is 2. The number of aryl methyl sites for hydroxylation is 1. The van der Waals surface area contributed by atoms with Gasteiger partial charge in [0, 0.05) is 24.8 Å². The fourth-order valence-corrected chi connectivity index (χ4v) is 2.15. The fraction of sp³-hybridized carbons (Fsp3) is 0.188. The summed E-state index contributed by atoms with van der Waals surface area (Å²) in [5.74, 6) is -0.568. The first-order chi connectivity index (χ1) is 10.0. The van der Waals surface area contributed by atoms with Crippen LogP contribution in [-0.4, -0.2) is 13.0 Å². The van der Waals surface area contributed by atoms with Crippen LogP contribution >= 0.6 is 11.6 Å². The molecule has 0 heterocycles. The van der Waals surface area contributed by atoms with Gasteiger partial charge in [-0.05, 0) is 42.3 Å². The van der Waals surface area contributed by atoms with Crippen molar-refractivity contribution >= 4 is 23.2 Å². The van der Waals surface area contributed by atoms with E-state index in [1.807, 2.05) is 13.0 Å². The van der Waals surface area contributed by atoms with Crippen molar-refractivity contribution in [2.24, 2.45) is 0 Å². The summed E-state index contributed by atoms with van der Waals surface area (Å²) in [5.41, 5.74) is 3.33. The first kappa shape index (κ1) is 15.3. The average Bonchev–Trinajstić information content (AvgIpc) is 2.49. The zero-order chi connectivity index (χ0) is 15.4. The van der Waals surface area contributed by atoms with Gasteiger partial charge in [0.25, 0.3) is 5.91 Å². The fourth-order valence-electron chi connectivity index (χ4n) is 1.94. The highest BCUT2D eigenvalue weighted by Gasteiger charge is 2.07. The van der Waals surface area contributed by atoms with E-state index >= 15 is 0 Å². The predicted octanol–water partition coefficient (Wildman–Crippen LogP) is 3.76. The molecule has 0 radical (unpaired) electrons. The third-order valence-electron chi connectivity index (χ3n) is 3.19. The van der Waals surface area contributed by atoms with Crippen LogP contribution in [0, 0.1) is 12.7 Å². The van der Waals surface area contributed by atoms with E-state index in [9.17, 15) is 9.18 Å². The molecular formula is C16H16ClFN2O. The maximum absolute atomic E-state index is 13.1. The molecule has 2 N–H and O–H groups in total. The highest BCUT2D eigenvalue weighted by atomic mass is 35.5. The Labute approximate surface area is 128 Å². The SMILES string of the molecule is CNC(=O)c1ccc(C)c(NCc2ccc(F)c(Cl)c2)c1. The first-order valence-corrected chi connectivity index (χ1v) is 6.89. The largest absolute Gasteiger partial charge is 0.381 e. The summed E-state index contributed by atoms with van der Waals surface area (Å²) in [5, 5.41) is 5.93. The lowest BCUT2D eigenvalue weighted by Crippen LogP contribution is -2.18. The number of carbonyl (C=O) groups is 1. The summed E-state index contributed by atoms with van der Waals surface area (Å²) >= 11 is 5.76. The van der Waals surface area contributed by atoms with Crippen LogP contribution in [0.1, 0.15) is 21.5 Å². The lowest BCUT2D eigenvalue weighted by Gasteiger charge is -2.11. The highest BCUT2D eigenvalue weighted by molar-refractivity contribution is 6.30. The van der Waals surface area contributed by atoms with Crippen LogP contribution in [-0.2, 0) is 6.54 Å². The Morgan fingerprint density at radius 2 is 2.00 bits per heavy atom.